The third-order valence-corrected chi connectivity index (χ3v) is 5.79. The van der Waals surface area contributed by atoms with Gasteiger partial charge in [0.15, 0.2) is 0 Å². The summed E-state index contributed by atoms with van der Waals surface area (Å²) in [6.07, 6.45) is 5.97. The van der Waals surface area contributed by atoms with E-state index in [0.29, 0.717) is 30.9 Å². The average Bonchev–Trinajstić information content (AvgIpc) is 3.04. The van der Waals surface area contributed by atoms with Crippen molar-refractivity contribution in [3.63, 3.8) is 0 Å². The predicted octanol–water partition coefficient (Wildman–Crippen LogP) is 3.94. The fourth-order valence-corrected chi connectivity index (χ4v) is 4.03. The number of aryl methyl sites for hydroxylation is 1. The number of rotatable bonds is 10. The molecule has 1 aliphatic rings. The van der Waals surface area contributed by atoms with E-state index in [2.05, 4.69) is 11.9 Å². The van der Waals surface area contributed by atoms with Gasteiger partial charge in [-0.2, -0.15) is 0 Å². The number of carbonyl (C=O) groups excluding carboxylic acids is 2. The van der Waals surface area contributed by atoms with Crippen LogP contribution in [0.4, 0.5) is 0 Å². The molecule has 0 unspecified atom stereocenters. The SMILES string of the molecule is CCCCOc1ccc(C(O)=C2C(=O)C(=O)N(CCCN(C)C)[C@H]2c2ccncc2)c(C)c1. The van der Waals surface area contributed by atoms with E-state index >= 15 is 0 Å². The van der Waals surface area contributed by atoms with Crippen molar-refractivity contribution < 1.29 is 19.4 Å². The normalized spacial score (nSPS) is 17.7. The number of unbranched alkanes of at least 4 members (excludes halogenated alkanes) is 1. The monoisotopic (exact) mass is 451 g/mol. The summed E-state index contributed by atoms with van der Waals surface area (Å²) in [4.78, 5) is 33.7. The van der Waals surface area contributed by atoms with Gasteiger partial charge in [0, 0.05) is 24.5 Å². The Labute approximate surface area is 195 Å². The maximum Gasteiger partial charge on any atom is 0.295 e. The van der Waals surface area contributed by atoms with Crippen LogP contribution in [0.5, 0.6) is 5.75 Å². The zero-order chi connectivity index (χ0) is 24.0. The van der Waals surface area contributed by atoms with Gasteiger partial charge < -0.3 is 19.6 Å². The van der Waals surface area contributed by atoms with Gasteiger partial charge in [-0.3, -0.25) is 14.6 Å². The van der Waals surface area contributed by atoms with Crippen molar-refractivity contribution >= 4 is 17.4 Å². The molecular formula is C26H33N3O4. The number of aromatic nitrogens is 1. The lowest BCUT2D eigenvalue weighted by Crippen LogP contribution is -2.32. The maximum atomic E-state index is 13.1. The molecule has 176 valence electrons. The lowest BCUT2D eigenvalue weighted by atomic mass is 9.94. The Morgan fingerprint density at radius 3 is 2.52 bits per heavy atom. The zero-order valence-corrected chi connectivity index (χ0v) is 19.9. The van der Waals surface area contributed by atoms with Crippen molar-refractivity contribution in [3.05, 3.63) is 65.0 Å². The van der Waals surface area contributed by atoms with Gasteiger partial charge in [0.05, 0.1) is 18.2 Å². The highest BCUT2D eigenvalue weighted by Crippen LogP contribution is 2.40. The Bertz CT molecular complexity index is 1020. The van der Waals surface area contributed by atoms with Crippen LogP contribution in [0.25, 0.3) is 5.76 Å². The molecule has 2 heterocycles. The zero-order valence-electron chi connectivity index (χ0n) is 19.9. The Morgan fingerprint density at radius 1 is 1.15 bits per heavy atom. The second-order valence-corrected chi connectivity index (χ2v) is 8.61. The number of benzene rings is 1. The number of carbonyl (C=O) groups is 2. The lowest BCUT2D eigenvalue weighted by Gasteiger charge is -2.26. The van der Waals surface area contributed by atoms with Crippen LogP contribution in [-0.2, 0) is 9.59 Å². The Morgan fingerprint density at radius 2 is 1.88 bits per heavy atom. The number of ether oxygens (including phenoxy) is 1. The number of likely N-dealkylation sites (tertiary alicyclic amines) is 1. The molecule has 1 fully saturated rings. The summed E-state index contributed by atoms with van der Waals surface area (Å²) in [5.41, 5.74) is 2.14. The summed E-state index contributed by atoms with van der Waals surface area (Å²) >= 11 is 0. The molecule has 1 aromatic carbocycles. The Kier molecular flexibility index (Phi) is 8.22. The van der Waals surface area contributed by atoms with Gasteiger partial charge in [0.1, 0.15) is 11.5 Å². The first-order valence-corrected chi connectivity index (χ1v) is 11.4. The molecule has 3 rings (SSSR count). The molecule has 1 aliphatic heterocycles. The molecule has 1 amide bonds. The highest BCUT2D eigenvalue weighted by molar-refractivity contribution is 6.46. The van der Waals surface area contributed by atoms with Crippen LogP contribution in [0, 0.1) is 6.92 Å². The standard InChI is InChI=1S/C26H33N3O4/c1-5-6-16-33-20-8-9-21(18(2)17-20)24(30)22-23(19-10-12-27-13-11-19)29(26(32)25(22)31)15-7-14-28(3)4/h8-13,17,23,30H,5-7,14-16H2,1-4H3/t23-/m0/s1. The number of aliphatic hydroxyl groups excluding tert-OH is 1. The molecule has 33 heavy (non-hydrogen) atoms. The first-order chi connectivity index (χ1) is 15.8. The number of hydrogen-bond donors (Lipinski definition) is 1. The van der Waals surface area contributed by atoms with Crippen molar-refractivity contribution in [3.8, 4) is 5.75 Å². The van der Waals surface area contributed by atoms with Crippen molar-refractivity contribution in [2.75, 3.05) is 33.8 Å². The van der Waals surface area contributed by atoms with Crippen molar-refractivity contribution in [2.45, 2.75) is 39.2 Å². The minimum Gasteiger partial charge on any atom is -0.507 e. The van der Waals surface area contributed by atoms with Gasteiger partial charge in [0.2, 0.25) is 0 Å². The van der Waals surface area contributed by atoms with E-state index in [9.17, 15) is 14.7 Å². The van der Waals surface area contributed by atoms with Crippen LogP contribution in [0.15, 0.2) is 48.3 Å². The summed E-state index contributed by atoms with van der Waals surface area (Å²) in [7, 11) is 3.93. The number of nitrogens with zero attached hydrogens (tertiary/aromatic N) is 3. The number of ketones is 1. The number of hydrogen-bond acceptors (Lipinski definition) is 6. The van der Waals surface area contributed by atoms with Gasteiger partial charge in [-0.1, -0.05) is 13.3 Å². The molecular weight excluding hydrogens is 418 g/mol. The molecule has 1 atom stereocenters. The number of aliphatic hydroxyl groups is 1. The first-order valence-electron chi connectivity index (χ1n) is 11.4. The molecule has 0 saturated carbocycles. The molecule has 7 heteroatoms. The predicted molar refractivity (Wildman–Crippen MR) is 128 cm³/mol. The minimum absolute atomic E-state index is 0.110. The van der Waals surface area contributed by atoms with Gasteiger partial charge in [-0.25, -0.2) is 0 Å². The lowest BCUT2D eigenvalue weighted by molar-refractivity contribution is -0.139. The third kappa shape index (κ3) is 5.60. The topological polar surface area (TPSA) is 83.0 Å². The summed E-state index contributed by atoms with van der Waals surface area (Å²) in [5.74, 6) is -0.702. The number of pyridine rings is 1. The number of Topliss-reactive ketones (excluding diaryl/α,β-unsaturated/α-hetero) is 1. The van der Waals surface area contributed by atoms with E-state index in [1.54, 1.807) is 41.6 Å². The average molecular weight is 452 g/mol. The van der Waals surface area contributed by atoms with Crippen LogP contribution < -0.4 is 4.74 Å². The van der Waals surface area contributed by atoms with E-state index < -0.39 is 17.7 Å². The van der Waals surface area contributed by atoms with Gasteiger partial charge in [-0.15, -0.1) is 0 Å². The van der Waals surface area contributed by atoms with Crippen LogP contribution in [0.3, 0.4) is 0 Å². The van der Waals surface area contributed by atoms with Crippen molar-refractivity contribution in [1.82, 2.24) is 14.8 Å². The van der Waals surface area contributed by atoms with Crippen LogP contribution in [0.1, 0.15) is 48.9 Å². The van der Waals surface area contributed by atoms with Gasteiger partial charge >= 0.3 is 0 Å². The summed E-state index contributed by atoms with van der Waals surface area (Å²) < 4.78 is 5.76. The van der Waals surface area contributed by atoms with Gasteiger partial charge in [0.25, 0.3) is 11.7 Å². The van der Waals surface area contributed by atoms with Crippen molar-refractivity contribution in [2.24, 2.45) is 0 Å². The summed E-state index contributed by atoms with van der Waals surface area (Å²) in [6, 6.07) is 8.27. The Hall–Kier alpha value is -3.19. The second-order valence-electron chi connectivity index (χ2n) is 8.61. The number of amides is 1. The molecule has 1 saturated heterocycles. The van der Waals surface area contributed by atoms with E-state index in [-0.39, 0.29) is 11.3 Å². The van der Waals surface area contributed by atoms with E-state index in [1.807, 2.05) is 32.0 Å². The quantitative estimate of drug-likeness (QED) is 0.255. The van der Waals surface area contributed by atoms with Crippen LogP contribution in [-0.4, -0.2) is 65.4 Å². The highest BCUT2D eigenvalue weighted by Gasteiger charge is 2.45. The van der Waals surface area contributed by atoms with E-state index in [4.69, 9.17) is 4.74 Å². The molecule has 0 aliphatic carbocycles. The first kappa shape index (κ1) is 24.5. The maximum absolute atomic E-state index is 13.1. The minimum atomic E-state index is -0.665. The fraction of sp³-hybridized carbons (Fsp3) is 0.423. The van der Waals surface area contributed by atoms with Gasteiger partial charge in [-0.05, 0) is 81.9 Å². The summed E-state index contributed by atoms with van der Waals surface area (Å²) in [5, 5.41) is 11.3. The smallest absolute Gasteiger partial charge is 0.295 e. The molecule has 2 aromatic rings. The molecule has 1 N–H and O–H groups in total. The van der Waals surface area contributed by atoms with Crippen LogP contribution >= 0.6 is 0 Å². The molecule has 0 radical (unpaired) electrons. The molecule has 0 spiro atoms. The fourth-order valence-electron chi connectivity index (χ4n) is 4.03. The second kappa shape index (κ2) is 11.1. The molecule has 0 bridgehead atoms. The third-order valence-electron chi connectivity index (χ3n) is 5.79. The molecule has 1 aromatic heterocycles. The highest BCUT2D eigenvalue weighted by atomic mass is 16.5. The van der Waals surface area contributed by atoms with E-state index in [1.165, 1.54) is 0 Å². The molecule has 7 nitrogen and oxygen atoms in total. The van der Waals surface area contributed by atoms with E-state index in [0.717, 1.165) is 30.5 Å². The largest absolute Gasteiger partial charge is 0.507 e. The Balaban J connectivity index is 2.00. The van der Waals surface area contributed by atoms with Crippen molar-refractivity contribution in [1.29, 1.82) is 0 Å². The summed E-state index contributed by atoms with van der Waals surface area (Å²) in [6.45, 7) is 5.78. The van der Waals surface area contributed by atoms with Crippen LogP contribution in [0.2, 0.25) is 0 Å².